The van der Waals surface area contributed by atoms with E-state index in [4.69, 9.17) is 9.47 Å². The zero-order chi connectivity index (χ0) is 17.6. The van der Waals surface area contributed by atoms with Gasteiger partial charge < -0.3 is 9.47 Å². The van der Waals surface area contributed by atoms with Crippen molar-refractivity contribution in [2.24, 2.45) is 23.2 Å². The van der Waals surface area contributed by atoms with Crippen LogP contribution in [0.25, 0.3) is 0 Å². The van der Waals surface area contributed by atoms with Crippen molar-refractivity contribution in [2.45, 2.75) is 65.2 Å². The van der Waals surface area contributed by atoms with E-state index in [9.17, 15) is 14.9 Å². The van der Waals surface area contributed by atoms with Crippen LogP contribution in [-0.2, 0) is 19.1 Å². The highest BCUT2D eigenvalue weighted by molar-refractivity contribution is 5.88. The standard InChI is InChI=1S/C19H29NO4/c1-3-23-17(21)16(14-9-5-6-10-14)19(13-20,18(22)24-4-2)15-11-7-8-12-15/h14-16H,3-12H2,1-2H3. The molecule has 2 saturated carbocycles. The molecule has 5 heteroatoms. The largest absolute Gasteiger partial charge is 0.466 e. The molecule has 2 aliphatic carbocycles. The van der Waals surface area contributed by atoms with E-state index in [1.54, 1.807) is 13.8 Å². The predicted octanol–water partition coefficient (Wildman–Crippen LogP) is 3.62. The van der Waals surface area contributed by atoms with E-state index in [0.717, 1.165) is 51.4 Å². The third-order valence-electron chi connectivity index (χ3n) is 5.70. The summed E-state index contributed by atoms with van der Waals surface area (Å²) in [4.78, 5) is 25.8. The molecule has 0 aliphatic heterocycles. The number of nitriles is 1. The maximum atomic E-state index is 12.9. The number of esters is 2. The highest BCUT2D eigenvalue weighted by atomic mass is 16.5. The number of carbonyl (C=O) groups excluding carboxylic acids is 2. The molecule has 0 aromatic carbocycles. The third-order valence-corrected chi connectivity index (χ3v) is 5.70. The van der Waals surface area contributed by atoms with Crippen molar-refractivity contribution in [3.8, 4) is 6.07 Å². The molecule has 2 atom stereocenters. The molecule has 5 nitrogen and oxygen atoms in total. The first-order chi connectivity index (χ1) is 11.6. The molecular formula is C19H29NO4. The Morgan fingerprint density at radius 3 is 2.08 bits per heavy atom. The Morgan fingerprint density at radius 2 is 1.58 bits per heavy atom. The molecule has 2 fully saturated rings. The van der Waals surface area contributed by atoms with Crippen LogP contribution >= 0.6 is 0 Å². The molecule has 0 bridgehead atoms. The Morgan fingerprint density at radius 1 is 1.04 bits per heavy atom. The molecule has 2 unspecified atom stereocenters. The molecule has 0 heterocycles. The van der Waals surface area contributed by atoms with Gasteiger partial charge in [0.1, 0.15) is 0 Å². The molecular weight excluding hydrogens is 306 g/mol. The first kappa shape index (κ1) is 18.8. The van der Waals surface area contributed by atoms with Gasteiger partial charge in [-0.2, -0.15) is 5.26 Å². The average Bonchev–Trinajstić information content (AvgIpc) is 3.26. The number of hydrogen-bond donors (Lipinski definition) is 0. The molecule has 0 aromatic heterocycles. The average molecular weight is 335 g/mol. The van der Waals surface area contributed by atoms with Gasteiger partial charge in [0, 0.05) is 0 Å². The molecule has 0 N–H and O–H groups in total. The zero-order valence-electron chi connectivity index (χ0n) is 14.9. The molecule has 134 valence electrons. The third kappa shape index (κ3) is 3.43. The number of hydrogen-bond acceptors (Lipinski definition) is 5. The summed E-state index contributed by atoms with van der Waals surface area (Å²) in [6.07, 6.45) is 7.41. The lowest BCUT2D eigenvalue weighted by Crippen LogP contribution is -2.50. The fraction of sp³-hybridized carbons (Fsp3) is 0.842. The minimum atomic E-state index is -1.40. The second-order valence-corrected chi connectivity index (χ2v) is 6.96. The SMILES string of the molecule is CCOC(=O)C(C1CCCC1)C(C#N)(C(=O)OCC)C1CCCC1. The van der Waals surface area contributed by atoms with Crippen molar-refractivity contribution < 1.29 is 19.1 Å². The summed E-state index contributed by atoms with van der Waals surface area (Å²) in [6.45, 7) is 3.98. The van der Waals surface area contributed by atoms with Crippen LogP contribution in [-0.4, -0.2) is 25.2 Å². The zero-order valence-corrected chi connectivity index (χ0v) is 14.9. The first-order valence-corrected chi connectivity index (χ1v) is 9.36. The van der Waals surface area contributed by atoms with Crippen LogP contribution in [0, 0.1) is 34.5 Å². The van der Waals surface area contributed by atoms with Gasteiger partial charge in [-0.3, -0.25) is 9.59 Å². The molecule has 0 radical (unpaired) electrons. The van der Waals surface area contributed by atoms with Gasteiger partial charge in [-0.15, -0.1) is 0 Å². The van der Waals surface area contributed by atoms with Gasteiger partial charge in [0.25, 0.3) is 0 Å². The van der Waals surface area contributed by atoms with Crippen LogP contribution in [0.1, 0.15) is 65.2 Å². The summed E-state index contributed by atoms with van der Waals surface area (Å²) in [5, 5.41) is 10.1. The normalized spacial score (nSPS) is 22.5. The van der Waals surface area contributed by atoms with Gasteiger partial charge in [-0.1, -0.05) is 25.7 Å². The number of ether oxygens (including phenoxy) is 2. The highest BCUT2D eigenvalue weighted by Crippen LogP contribution is 2.51. The van der Waals surface area contributed by atoms with E-state index in [-0.39, 0.29) is 25.0 Å². The quantitative estimate of drug-likeness (QED) is 0.664. The van der Waals surface area contributed by atoms with Crippen molar-refractivity contribution in [3.63, 3.8) is 0 Å². The summed E-state index contributed by atoms with van der Waals surface area (Å²) in [7, 11) is 0. The fourth-order valence-corrected chi connectivity index (χ4v) is 4.66. The first-order valence-electron chi connectivity index (χ1n) is 9.36. The Labute approximate surface area is 144 Å². The summed E-state index contributed by atoms with van der Waals surface area (Å²) in [5.74, 6) is -1.70. The Balaban J connectivity index is 2.47. The van der Waals surface area contributed by atoms with E-state index in [2.05, 4.69) is 6.07 Å². The Hall–Kier alpha value is -1.57. The van der Waals surface area contributed by atoms with Crippen LogP contribution in [0.4, 0.5) is 0 Å². The van der Waals surface area contributed by atoms with E-state index in [0.29, 0.717) is 0 Å². The van der Waals surface area contributed by atoms with Crippen LogP contribution in [0.2, 0.25) is 0 Å². The lowest BCUT2D eigenvalue weighted by molar-refractivity contribution is -0.172. The van der Waals surface area contributed by atoms with Crippen molar-refractivity contribution >= 4 is 11.9 Å². The van der Waals surface area contributed by atoms with E-state index in [1.165, 1.54) is 0 Å². The van der Waals surface area contributed by atoms with Crippen molar-refractivity contribution in [3.05, 3.63) is 0 Å². The number of rotatable bonds is 7. The summed E-state index contributed by atoms with van der Waals surface area (Å²) in [6, 6.07) is 2.28. The van der Waals surface area contributed by atoms with Crippen molar-refractivity contribution in [2.75, 3.05) is 13.2 Å². The van der Waals surface area contributed by atoms with Crippen molar-refractivity contribution in [1.29, 1.82) is 5.26 Å². The second-order valence-electron chi connectivity index (χ2n) is 6.96. The Bertz CT molecular complexity index is 486. The summed E-state index contributed by atoms with van der Waals surface area (Å²) in [5.41, 5.74) is -1.40. The lowest BCUT2D eigenvalue weighted by Gasteiger charge is -2.38. The van der Waals surface area contributed by atoms with Gasteiger partial charge in [0.2, 0.25) is 0 Å². The topological polar surface area (TPSA) is 76.4 Å². The smallest absolute Gasteiger partial charge is 0.327 e. The van der Waals surface area contributed by atoms with E-state index in [1.807, 2.05) is 0 Å². The number of carbonyl (C=O) groups is 2. The van der Waals surface area contributed by atoms with Gasteiger partial charge in [-0.05, 0) is 51.4 Å². The minimum absolute atomic E-state index is 0.0358. The van der Waals surface area contributed by atoms with Crippen molar-refractivity contribution in [1.82, 2.24) is 0 Å². The maximum absolute atomic E-state index is 12.9. The van der Waals surface area contributed by atoms with E-state index < -0.39 is 23.3 Å². The summed E-state index contributed by atoms with van der Waals surface area (Å²) >= 11 is 0. The van der Waals surface area contributed by atoms with Crippen LogP contribution in [0.5, 0.6) is 0 Å². The van der Waals surface area contributed by atoms with Gasteiger partial charge in [0.05, 0.1) is 25.2 Å². The molecule has 24 heavy (non-hydrogen) atoms. The fourth-order valence-electron chi connectivity index (χ4n) is 4.66. The highest BCUT2D eigenvalue weighted by Gasteiger charge is 2.59. The van der Waals surface area contributed by atoms with Crippen LogP contribution in [0.3, 0.4) is 0 Å². The number of nitrogens with zero attached hydrogens (tertiary/aromatic N) is 1. The van der Waals surface area contributed by atoms with Gasteiger partial charge in [0.15, 0.2) is 5.41 Å². The monoisotopic (exact) mass is 335 g/mol. The molecule has 0 amide bonds. The lowest BCUT2D eigenvalue weighted by atomic mass is 9.62. The summed E-state index contributed by atoms with van der Waals surface area (Å²) < 4.78 is 10.6. The molecule has 0 saturated heterocycles. The maximum Gasteiger partial charge on any atom is 0.327 e. The second kappa shape index (κ2) is 8.50. The molecule has 2 rings (SSSR count). The van der Waals surface area contributed by atoms with Gasteiger partial charge in [-0.25, -0.2) is 0 Å². The minimum Gasteiger partial charge on any atom is -0.466 e. The van der Waals surface area contributed by atoms with E-state index >= 15 is 0 Å². The van der Waals surface area contributed by atoms with Gasteiger partial charge >= 0.3 is 11.9 Å². The molecule has 0 spiro atoms. The Kier molecular flexibility index (Phi) is 6.65. The van der Waals surface area contributed by atoms with Crippen LogP contribution < -0.4 is 0 Å². The molecule has 0 aromatic rings. The van der Waals surface area contributed by atoms with Crippen LogP contribution in [0.15, 0.2) is 0 Å². The predicted molar refractivity (Wildman–Crippen MR) is 88.7 cm³/mol. The molecule has 2 aliphatic rings.